The molecule has 2 bridgehead atoms. The van der Waals surface area contributed by atoms with Crippen molar-refractivity contribution in [1.82, 2.24) is 15.3 Å². The van der Waals surface area contributed by atoms with Crippen LogP contribution in [-0.2, 0) is 22.4 Å². The summed E-state index contributed by atoms with van der Waals surface area (Å²) in [6, 6.07) is 7.44. The molecule has 3 aliphatic rings. The number of aromatic nitrogens is 2. The number of hydrogen-bond acceptors (Lipinski definition) is 7. The molecule has 1 aromatic heterocycles. The molecule has 0 radical (unpaired) electrons. The second-order valence-corrected chi connectivity index (χ2v) is 8.63. The van der Waals surface area contributed by atoms with Crippen LogP contribution in [0.3, 0.4) is 0 Å². The van der Waals surface area contributed by atoms with E-state index in [4.69, 9.17) is 20.4 Å². The van der Waals surface area contributed by atoms with Gasteiger partial charge in [0.15, 0.2) is 12.4 Å². The molecule has 0 spiro atoms. The van der Waals surface area contributed by atoms with Gasteiger partial charge in [-0.05, 0) is 36.0 Å². The van der Waals surface area contributed by atoms with E-state index in [1.54, 1.807) is 7.05 Å². The van der Waals surface area contributed by atoms with Gasteiger partial charge in [-0.3, -0.25) is 14.6 Å². The third-order valence-corrected chi connectivity index (χ3v) is 6.51. The maximum atomic E-state index is 12.1. The van der Waals surface area contributed by atoms with E-state index in [1.807, 2.05) is 30.5 Å². The molecule has 9 nitrogen and oxygen atoms in total. The number of primary amides is 1. The maximum Gasteiger partial charge on any atom is 0.257 e. The number of anilines is 1. The zero-order valence-electron chi connectivity index (χ0n) is 18.3. The van der Waals surface area contributed by atoms with Gasteiger partial charge in [0.2, 0.25) is 5.91 Å². The Kier molecular flexibility index (Phi) is 5.53. The second kappa shape index (κ2) is 8.65. The van der Waals surface area contributed by atoms with E-state index in [1.165, 1.54) is 0 Å². The number of benzene rings is 1. The van der Waals surface area contributed by atoms with Gasteiger partial charge < -0.3 is 21.1 Å². The Hall–Kier alpha value is -3.75. The average molecular weight is 447 g/mol. The number of likely N-dealkylation sites (N-methyl/N-ethyl adjacent to an activating group) is 1. The second-order valence-electron chi connectivity index (χ2n) is 8.63. The van der Waals surface area contributed by atoms with Gasteiger partial charge in [-0.25, -0.2) is 9.97 Å². The van der Waals surface area contributed by atoms with Crippen molar-refractivity contribution in [2.75, 3.05) is 19.0 Å². The largest absolute Gasteiger partial charge is 0.484 e. The smallest absolute Gasteiger partial charge is 0.257 e. The van der Waals surface area contributed by atoms with Crippen LogP contribution in [0.2, 0.25) is 0 Å². The lowest BCUT2D eigenvalue weighted by Gasteiger charge is -2.27. The highest BCUT2D eigenvalue weighted by molar-refractivity contribution is 5.82. The highest BCUT2D eigenvalue weighted by Gasteiger charge is 2.47. The van der Waals surface area contributed by atoms with Gasteiger partial charge in [-0.2, -0.15) is 0 Å². The van der Waals surface area contributed by atoms with Crippen LogP contribution in [-0.4, -0.2) is 47.7 Å². The average Bonchev–Trinajstić information content (AvgIpc) is 3.54. The number of allylic oxidation sites excluding steroid dienone is 1. The molecule has 33 heavy (non-hydrogen) atoms. The zero-order valence-corrected chi connectivity index (χ0v) is 18.3. The third kappa shape index (κ3) is 4.18. The van der Waals surface area contributed by atoms with Crippen LogP contribution in [0.25, 0.3) is 0 Å². The molecule has 1 aromatic carbocycles. The summed E-state index contributed by atoms with van der Waals surface area (Å²) >= 11 is 0. The van der Waals surface area contributed by atoms with Crippen LogP contribution in [0.4, 0.5) is 11.5 Å². The van der Waals surface area contributed by atoms with Crippen LogP contribution in [0.1, 0.15) is 23.5 Å². The van der Waals surface area contributed by atoms with E-state index in [-0.39, 0.29) is 42.2 Å². The summed E-state index contributed by atoms with van der Waals surface area (Å²) in [4.78, 5) is 37.6. The topological polar surface area (TPSA) is 132 Å². The highest BCUT2D eigenvalue weighted by Crippen LogP contribution is 2.45. The molecule has 2 heterocycles. The van der Waals surface area contributed by atoms with Crippen molar-refractivity contribution in [3.8, 4) is 5.75 Å². The van der Waals surface area contributed by atoms with E-state index in [0.717, 1.165) is 23.4 Å². The number of carbonyl (C=O) groups excluding carboxylic acids is 2. The van der Waals surface area contributed by atoms with Crippen molar-refractivity contribution in [2.45, 2.75) is 25.3 Å². The highest BCUT2D eigenvalue weighted by atomic mass is 16.5. The molecule has 1 aliphatic heterocycles. The SMILES string of the molecule is CNC(=O)COc1cccc(Cc2nc3c(c(NC4C5C=CC(C5)C4C(N)=O)n2)N=CC3)c1. The van der Waals surface area contributed by atoms with E-state index in [9.17, 15) is 9.59 Å². The molecule has 1 saturated carbocycles. The van der Waals surface area contributed by atoms with Gasteiger partial charge in [0, 0.05) is 32.1 Å². The fourth-order valence-electron chi connectivity index (χ4n) is 4.95. The predicted octanol–water partition coefficient (Wildman–Crippen LogP) is 1.54. The van der Waals surface area contributed by atoms with Crippen LogP contribution < -0.4 is 21.1 Å². The standard InChI is InChI=1S/C24H26N6O3/c1-26-19(31)12-33-16-4-2-3-13(9-16)10-18-28-17-7-8-27-22(17)24(29-18)30-21-15-6-5-14(11-15)20(21)23(25)32/h2-6,8-9,14-15,20-21H,7,10-12H2,1H3,(H2,25,32)(H,26,31)(H,28,29,30). The van der Waals surface area contributed by atoms with Crippen molar-refractivity contribution in [2.24, 2.45) is 28.5 Å². The van der Waals surface area contributed by atoms with Crippen molar-refractivity contribution in [1.29, 1.82) is 0 Å². The van der Waals surface area contributed by atoms with Crippen LogP contribution in [0, 0.1) is 17.8 Å². The molecule has 1 fully saturated rings. The van der Waals surface area contributed by atoms with Gasteiger partial charge in [-0.15, -0.1) is 0 Å². The number of fused-ring (bicyclic) bond motifs is 3. The molecule has 5 rings (SSSR count). The van der Waals surface area contributed by atoms with Crippen molar-refractivity contribution in [3.63, 3.8) is 0 Å². The summed E-state index contributed by atoms with van der Waals surface area (Å²) in [6.45, 7) is -0.0419. The first-order valence-corrected chi connectivity index (χ1v) is 11.1. The number of carbonyl (C=O) groups is 2. The van der Waals surface area contributed by atoms with Gasteiger partial charge >= 0.3 is 0 Å². The Balaban J connectivity index is 1.38. The molecular formula is C24H26N6O3. The summed E-state index contributed by atoms with van der Waals surface area (Å²) in [5.41, 5.74) is 8.29. The van der Waals surface area contributed by atoms with E-state index >= 15 is 0 Å². The molecule has 0 saturated heterocycles. The van der Waals surface area contributed by atoms with E-state index in [0.29, 0.717) is 30.2 Å². The Morgan fingerprint density at radius 3 is 2.88 bits per heavy atom. The Labute approximate surface area is 191 Å². The molecule has 170 valence electrons. The zero-order chi connectivity index (χ0) is 22.9. The molecular weight excluding hydrogens is 420 g/mol. The number of hydrogen-bond donors (Lipinski definition) is 3. The molecule has 9 heteroatoms. The summed E-state index contributed by atoms with van der Waals surface area (Å²) in [5, 5.41) is 6.03. The van der Waals surface area contributed by atoms with Crippen molar-refractivity contribution < 1.29 is 14.3 Å². The molecule has 2 aromatic rings. The molecule has 4 unspecified atom stereocenters. The predicted molar refractivity (Wildman–Crippen MR) is 124 cm³/mol. The van der Waals surface area contributed by atoms with Gasteiger partial charge in [0.05, 0.1) is 11.6 Å². The van der Waals surface area contributed by atoms with Crippen molar-refractivity contribution >= 4 is 29.5 Å². The summed E-state index contributed by atoms with van der Waals surface area (Å²) < 4.78 is 5.55. The van der Waals surface area contributed by atoms with Crippen LogP contribution >= 0.6 is 0 Å². The van der Waals surface area contributed by atoms with Crippen molar-refractivity contribution in [3.05, 3.63) is 53.5 Å². The number of aliphatic imine (C=N–C) groups is 1. The molecule has 2 aliphatic carbocycles. The molecule has 4 atom stereocenters. The Bertz CT molecular complexity index is 1160. The number of rotatable bonds is 8. The monoisotopic (exact) mass is 446 g/mol. The Morgan fingerprint density at radius 1 is 1.21 bits per heavy atom. The summed E-state index contributed by atoms with van der Waals surface area (Å²) in [7, 11) is 1.57. The normalized spacial score (nSPS) is 24.0. The van der Waals surface area contributed by atoms with Crippen LogP contribution in [0.15, 0.2) is 41.4 Å². The summed E-state index contributed by atoms with van der Waals surface area (Å²) in [6.07, 6.45) is 8.16. The fourth-order valence-corrected chi connectivity index (χ4v) is 4.95. The number of ether oxygens (including phenoxy) is 1. The minimum absolute atomic E-state index is 0.0419. The quantitative estimate of drug-likeness (QED) is 0.527. The first kappa shape index (κ1) is 21.1. The van der Waals surface area contributed by atoms with Gasteiger partial charge in [0.25, 0.3) is 5.91 Å². The lowest BCUT2D eigenvalue weighted by molar-refractivity contribution is -0.123. The minimum atomic E-state index is -0.285. The first-order valence-electron chi connectivity index (χ1n) is 11.1. The minimum Gasteiger partial charge on any atom is -0.484 e. The lowest BCUT2D eigenvalue weighted by atomic mass is 9.88. The number of nitrogens with two attached hydrogens (primary N) is 1. The third-order valence-electron chi connectivity index (χ3n) is 6.51. The van der Waals surface area contributed by atoms with E-state index in [2.05, 4.69) is 27.8 Å². The van der Waals surface area contributed by atoms with Gasteiger partial charge in [-0.1, -0.05) is 24.3 Å². The molecule has 2 amide bonds. The van der Waals surface area contributed by atoms with Gasteiger partial charge in [0.1, 0.15) is 17.3 Å². The number of nitrogens with one attached hydrogen (secondary N) is 2. The molecule has 4 N–H and O–H groups in total. The number of amides is 2. The summed E-state index contributed by atoms with van der Waals surface area (Å²) in [5.74, 6) is 1.61. The first-order chi connectivity index (χ1) is 16.0. The maximum absolute atomic E-state index is 12.1. The van der Waals surface area contributed by atoms with E-state index < -0.39 is 0 Å². The lowest BCUT2D eigenvalue weighted by Crippen LogP contribution is -2.41. The van der Waals surface area contributed by atoms with Crippen LogP contribution in [0.5, 0.6) is 5.75 Å². The Morgan fingerprint density at radius 2 is 2.06 bits per heavy atom. The number of nitrogens with zero attached hydrogens (tertiary/aromatic N) is 3. The fraction of sp³-hybridized carbons (Fsp3) is 0.375.